The maximum absolute atomic E-state index is 4.60. The van der Waals surface area contributed by atoms with Crippen LogP contribution in [-0.2, 0) is 0 Å². The molecule has 1 N–H and O–H groups in total. The quantitative estimate of drug-likeness (QED) is 0.766. The van der Waals surface area contributed by atoms with Crippen LogP contribution in [-0.4, -0.2) is 40.0 Å². The third-order valence-electron chi connectivity index (χ3n) is 5.84. The van der Waals surface area contributed by atoms with Crippen molar-refractivity contribution >= 4 is 27.4 Å². The van der Waals surface area contributed by atoms with Crippen molar-refractivity contribution in [3.63, 3.8) is 0 Å². The molecule has 2 bridgehead atoms. The molecule has 3 aliphatic heterocycles. The van der Waals surface area contributed by atoms with Gasteiger partial charge in [-0.05, 0) is 56.3 Å². The number of nitrogens with zero attached hydrogens (tertiary/aromatic N) is 3. The highest BCUT2D eigenvalue weighted by atomic mass is 32.1. The number of thiophene rings is 1. The summed E-state index contributed by atoms with van der Waals surface area (Å²) in [5.41, 5.74) is 1.09. The molecule has 0 radical (unpaired) electrons. The van der Waals surface area contributed by atoms with Crippen molar-refractivity contribution in [2.45, 2.75) is 31.8 Å². The summed E-state index contributed by atoms with van der Waals surface area (Å²) >= 11 is 1.80. The van der Waals surface area contributed by atoms with E-state index < -0.39 is 0 Å². The largest absolute Gasteiger partial charge is 0.350 e. The summed E-state index contributed by atoms with van der Waals surface area (Å²) in [5.74, 6) is 1.52. The highest BCUT2D eigenvalue weighted by molar-refractivity contribution is 7.22. The van der Waals surface area contributed by atoms with Crippen molar-refractivity contribution in [1.29, 1.82) is 0 Å². The van der Waals surface area contributed by atoms with E-state index in [0.29, 0.717) is 12.1 Å². The van der Waals surface area contributed by atoms with Gasteiger partial charge in [0.05, 0.1) is 0 Å². The molecule has 3 aromatic rings. The lowest BCUT2D eigenvalue weighted by molar-refractivity contribution is 0.0455. The second kappa shape index (κ2) is 6.07. The van der Waals surface area contributed by atoms with Gasteiger partial charge in [-0.2, -0.15) is 0 Å². The molecule has 4 nitrogen and oxygen atoms in total. The fourth-order valence-electron chi connectivity index (χ4n) is 4.35. The second-order valence-electron chi connectivity index (χ2n) is 7.23. The molecule has 2 aromatic heterocycles. The Labute approximate surface area is 151 Å². The standard InChI is InChI=1S/C20H22N4S/c1-13-19(14-6-8-24(13)9-7-14)23-20-21-11-16(12-22-20)18-10-15-4-2-3-5-17(15)25-18/h2-5,10-14,19H,6-9H2,1H3,(H,21,22,23)/t13-,19+/m1/s1. The van der Waals surface area contributed by atoms with Gasteiger partial charge in [0.25, 0.3) is 0 Å². The number of nitrogens with one attached hydrogen (secondary N) is 1. The summed E-state index contributed by atoms with van der Waals surface area (Å²) in [4.78, 5) is 13.0. The number of fused-ring (bicyclic) bond motifs is 4. The van der Waals surface area contributed by atoms with E-state index >= 15 is 0 Å². The summed E-state index contributed by atoms with van der Waals surface area (Å²) in [6.45, 7) is 4.82. The Hall–Kier alpha value is -1.98. The van der Waals surface area contributed by atoms with Crippen LogP contribution in [0.3, 0.4) is 0 Å². The summed E-state index contributed by atoms with van der Waals surface area (Å²) in [5, 5.41) is 4.89. The molecule has 6 rings (SSSR count). The fraction of sp³-hybridized carbons (Fsp3) is 0.400. The number of hydrogen-bond acceptors (Lipinski definition) is 5. The molecule has 1 aromatic carbocycles. The third-order valence-corrected chi connectivity index (χ3v) is 7.00. The molecule has 0 amide bonds. The normalized spacial score (nSPS) is 28.4. The van der Waals surface area contributed by atoms with Crippen LogP contribution in [0.4, 0.5) is 5.95 Å². The van der Waals surface area contributed by atoms with Crippen molar-refractivity contribution in [3.8, 4) is 10.4 Å². The lowest BCUT2D eigenvalue weighted by Crippen LogP contribution is -2.59. The van der Waals surface area contributed by atoms with Crippen molar-refractivity contribution < 1.29 is 0 Å². The Bertz CT molecular complexity index is 845. The zero-order valence-electron chi connectivity index (χ0n) is 14.4. The van der Waals surface area contributed by atoms with Gasteiger partial charge in [-0.25, -0.2) is 9.97 Å². The van der Waals surface area contributed by atoms with E-state index in [1.807, 2.05) is 12.4 Å². The fourth-order valence-corrected chi connectivity index (χ4v) is 5.39. The molecule has 0 saturated carbocycles. The van der Waals surface area contributed by atoms with Crippen LogP contribution < -0.4 is 5.32 Å². The van der Waals surface area contributed by atoms with Crippen LogP contribution in [0.25, 0.3) is 20.5 Å². The van der Waals surface area contributed by atoms with Crippen LogP contribution in [0.1, 0.15) is 19.8 Å². The van der Waals surface area contributed by atoms with Crippen LogP contribution in [0.15, 0.2) is 42.7 Å². The van der Waals surface area contributed by atoms with E-state index in [-0.39, 0.29) is 0 Å². The van der Waals surface area contributed by atoms with Crippen molar-refractivity contribution in [2.24, 2.45) is 5.92 Å². The van der Waals surface area contributed by atoms with Crippen molar-refractivity contribution in [3.05, 3.63) is 42.7 Å². The molecular formula is C20H22N4S. The smallest absolute Gasteiger partial charge is 0.222 e. The zero-order chi connectivity index (χ0) is 16.8. The molecule has 0 unspecified atom stereocenters. The lowest BCUT2D eigenvalue weighted by atomic mass is 9.79. The molecule has 3 aliphatic rings. The Morgan fingerprint density at radius 3 is 2.60 bits per heavy atom. The number of hydrogen-bond donors (Lipinski definition) is 1. The summed E-state index contributed by atoms with van der Waals surface area (Å²) < 4.78 is 1.31. The second-order valence-corrected chi connectivity index (χ2v) is 8.31. The van der Waals surface area contributed by atoms with Gasteiger partial charge in [0.2, 0.25) is 5.95 Å². The minimum atomic E-state index is 0.470. The van der Waals surface area contributed by atoms with Gasteiger partial charge in [-0.3, -0.25) is 4.90 Å². The first-order valence-electron chi connectivity index (χ1n) is 9.09. The number of anilines is 1. The van der Waals surface area contributed by atoms with Crippen molar-refractivity contribution in [1.82, 2.24) is 14.9 Å². The number of piperidine rings is 3. The number of benzene rings is 1. The highest BCUT2D eigenvalue weighted by Gasteiger charge is 2.39. The Balaban J connectivity index is 1.36. The minimum absolute atomic E-state index is 0.470. The minimum Gasteiger partial charge on any atom is -0.350 e. The molecule has 3 saturated heterocycles. The van der Waals surface area contributed by atoms with E-state index in [0.717, 1.165) is 17.4 Å². The van der Waals surface area contributed by atoms with E-state index in [9.17, 15) is 0 Å². The van der Waals surface area contributed by atoms with Gasteiger partial charge in [0, 0.05) is 39.6 Å². The zero-order valence-corrected chi connectivity index (χ0v) is 15.2. The van der Waals surface area contributed by atoms with Crippen LogP contribution in [0.5, 0.6) is 0 Å². The maximum atomic E-state index is 4.60. The topological polar surface area (TPSA) is 41.1 Å². The SMILES string of the molecule is C[C@@H]1[C@H](Nc2ncc(-c3cc4ccccc4s3)cn2)C2CCN1CC2. The molecule has 5 heteroatoms. The van der Waals surface area contributed by atoms with Crippen LogP contribution in [0.2, 0.25) is 0 Å². The first-order chi connectivity index (χ1) is 12.3. The maximum Gasteiger partial charge on any atom is 0.222 e. The average Bonchev–Trinajstić information content (AvgIpc) is 3.10. The van der Waals surface area contributed by atoms with E-state index in [1.54, 1.807) is 11.3 Å². The molecule has 3 fully saturated rings. The molecular weight excluding hydrogens is 328 g/mol. The van der Waals surface area contributed by atoms with E-state index in [1.165, 1.54) is 40.9 Å². The van der Waals surface area contributed by atoms with E-state index in [2.05, 4.69) is 57.4 Å². The lowest BCUT2D eigenvalue weighted by Gasteiger charge is -2.49. The number of rotatable bonds is 3. The molecule has 25 heavy (non-hydrogen) atoms. The van der Waals surface area contributed by atoms with Crippen LogP contribution in [0, 0.1) is 5.92 Å². The molecule has 2 atom stereocenters. The Morgan fingerprint density at radius 2 is 1.88 bits per heavy atom. The van der Waals surface area contributed by atoms with Crippen molar-refractivity contribution in [2.75, 3.05) is 18.4 Å². The molecule has 0 spiro atoms. The van der Waals surface area contributed by atoms with Gasteiger partial charge in [-0.1, -0.05) is 18.2 Å². The predicted molar refractivity (Wildman–Crippen MR) is 104 cm³/mol. The molecule has 5 heterocycles. The van der Waals surface area contributed by atoms with Gasteiger partial charge < -0.3 is 5.32 Å². The monoisotopic (exact) mass is 350 g/mol. The highest BCUT2D eigenvalue weighted by Crippen LogP contribution is 2.35. The summed E-state index contributed by atoms with van der Waals surface area (Å²) in [7, 11) is 0. The Morgan fingerprint density at radius 1 is 1.12 bits per heavy atom. The van der Waals surface area contributed by atoms with Gasteiger partial charge >= 0.3 is 0 Å². The Kier molecular flexibility index (Phi) is 3.71. The molecule has 0 aliphatic carbocycles. The van der Waals surface area contributed by atoms with E-state index in [4.69, 9.17) is 0 Å². The molecule has 128 valence electrons. The van der Waals surface area contributed by atoms with Gasteiger partial charge in [-0.15, -0.1) is 11.3 Å². The average molecular weight is 350 g/mol. The third kappa shape index (κ3) is 2.71. The summed E-state index contributed by atoms with van der Waals surface area (Å²) in [6.07, 6.45) is 6.49. The van der Waals surface area contributed by atoms with Crippen LogP contribution >= 0.6 is 11.3 Å². The summed E-state index contributed by atoms with van der Waals surface area (Å²) in [6, 6.07) is 11.7. The number of aromatic nitrogens is 2. The predicted octanol–water partition coefficient (Wildman–Crippen LogP) is 4.25. The first kappa shape index (κ1) is 15.3. The first-order valence-corrected chi connectivity index (χ1v) is 9.91. The van der Waals surface area contributed by atoms with Gasteiger partial charge in [0.15, 0.2) is 0 Å². The van der Waals surface area contributed by atoms with Gasteiger partial charge in [0.1, 0.15) is 0 Å².